The van der Waals surface area contributed by atoms with Gasteiger partial charge in [0.2, 0.25) is 0 Å². The van der Waals surface area contributed by atoms with Crippen molar-refractivity contribution in [3.05, 3.63) is 17.5 Å². The summed E-state index contributed by atoms with van der Waals surface area (Å²) in [6.45, 7) is 4.67. The Balaban J connectivity index is 3.03. The Bertz CT molecular complexity index is 383. The zero-order chi connectivity index (χ0) is 12.3. The summed E-state index contributed by atoms with van der Waals surface area (Å²) in [5.41, 5.74) is 7.01. The van der Waals surface area contributed by atoms with Gasteiger partial charge in [0.15, 0.2) is 0 Å². The molecule has 0 radical (unpaired) electrons. The summed E-state index contributed by atoms with van der Waals surface area (Å²) >= 11 is 0. The van der Waals surface area contributed by atoms with Crippen molar-refractivity contribution in [1.82, 2.24) is 9.78 Å². The van der Waals surface area contributed by atoms with Crippen LogP contribution < -0.4 is 5.73 Å². The average Bonchev–Trinajstić information content (AvgIpc) is 2.59. The predicted molar refractivity (Wildman–Crippen MR) is 61.1 cm³/mol. The molecule has 0 aliphatic rings. The van der Waals surface area contributed by atoms with Gasteiger partial charge in [0.05, 0.1) is 19.0 Å². The molecule has 0 spiro atoms. The minimum Gasteiger partial charge on any atom is -0.465 e. The van der Waals surface area contributed by atoms with Crippen LogP contribution in [0.5, 0.6) is 0 Å². The summed E-state index contributed by atoms with van der Waals surface area (Å²) < 4.78 is 6.41. The van der Waals surface area contributed by atoms with E-state index in [-0.39, 0.29) is 11.4 Å². The van der Waals surface area contributed by atoms with Crippen LogP contribution in [-0.2, 0) is 18.2 Å². The molecule has 0 aliphatic carbocycles. The molecule has 5 heteroatoms. The first kappa shape index (κ1) is 12.7. The number of nitrogens with two attached hydrogens (primary N) is 1. The normalized spacial score (nSPS) is 11.6. The second kappa shape index (κ2) is 4.65. The third-order valence-electron chi connectivity index (χ3n) is 2.67. The topological polar surface area (TPSA) is 70.1 Å². The van der Waals surface area contributed by atoms with Crippen molar-refractivity contribution in [2.45, 2.75) is 20.3 Å². The molecule has 0 amide bonds. The summed E-state index contributed by atoms with van der Waals surface area (Å²) in [5, 5.41) is 4.08. The first-order valence-corrected chi connectivity index (χ1v) is 5.20. The van der Waals surface area contributed by atoms with E-state index in [1.54, 1.807) is 4.68 Å². The molecule has 1 aromatic rings. The van der Waals surface area contributed by atoms with E-state index >= 15 is 0 Å². The lowest BCUT2D eigenvalue weighted by molar-refractivity contribution is 0.0598. The summed E-state index contributed by atoms with van der Waals surface area (Å²) in [6, 6.07) is 0. The third-order valence-corrected chi connectivity index (χ3v) is 2.67. The number of aryl methyl sites for hydroxylation is 1. The van der Waals surface area contributed by atoms with Crippen molar-refractivity contribution < 1.29 is 9.53 Å². The Morgan fingerprint density at radius 1 is 1.62 bits per heavy atom. The Morgan fingerprint density at radius 3 is 2.75 bits per heavy atom. The summed E-state index contributed by atoms with van der Waals surface area (Å²) in [4.78, 5) is 11.5. The SMILES string of the molecule is COC(=O)c1cnn(C)c1CC(C)(C)CN. The second-order valence-electron chi connectivity index (χ2n) is 4.67. The van der Waals surface area contributed by atoms with E-state index in [1.165, 1.54) is 13.3 Å². The lowest BCUT2D eigenvalue weighted by atomic mass is 9.87. The second-order valence-corrected chi connectivity index (χ2v) is 4.67. The van der Waals surface area contributed by atoms with Crippen LogP contribution in [0.25, 0.3) is 0 Å². The Kier molecular flexibility index (Phi) is 3.70. The summed E-state index contributed by atoms with van der Waals surface area (Å²) in [5.74, 6) is -0.351. The molecule has 1 heterocycles. The highest BCUT2D eigenvalue weighted by Crippen LogP contribution is 2.22. The van der Waals surface area contributed by atoms with Gasteiger partial charge >= 0.3 is 5.97 Å². The van der Waals surface area contributed by atoms with Crippen LogP contribution in [0.4, 0.5) is 0 Å². The molecule has 0 saturated carbocycles. The first-order chi connectivity index (χ1) is 7.41. The van der Waals surface area contributed by atoms with E-state index in [9.17, 15) is 4.79 Å². The van der Waals surface area contributed by atoms with Crippen LogP contribution in [0, 0.1) is 5.41 Å². The summed E-state index contributed by atoms with van der Waals surface area (Å²) in [6.07, 6.45) is 2.23. The van der Waals surface area contributed by atoms with Crippen molar-refractivity contribution in [3.63, 3.8) is 0 Å². The van der Waals surface area contributed by atoms with E-state index in [1.807, 2.05) is 7.05 Å². The highest BCUT2D eigenvalue weighted by Gasteiger charge is 2.23. The standard InChI is InChI=1S/C11H19N3O2/c1-11(2,7-12)5-9-8(10(15)16-4)6-13-14(9)3/h6H,5,7,12H2,1-4H3. The maximum atomic E-state index is 11.5. The van der Waals surface area contributed by atoms with E-state index in [0.717, 1.165) is 5.69 Å². The Hall–Kier alpha value is -1.36. The number of nitrogens with zero attached hydrogens (tertiary/aromatic N) is 2. The molecule has 90 valence electrons. The van der Waals surface area contributed by atoms with Crippen LogP contribution in [0.3, 0.4) is 0 Å². The molecule has 0 aromatic carbocycles. The van der Waals surface area contributed by atoms with E-state index in [2.05, 4.69) is 18.9 Å². The van der Waals surface area contributed by atoms with Crippen LogP contribution in [0.15, 0.2) is 6.20 Å². The maximum absolute atomic E-state index is 11.5. The third kappa shape index (κ3) is 2.61. The molecular formula is C11H19N3O2. The quantitative estimate of drug-likeness (QED) is 0.767. The molecule has 0 atom stereocenters. The molecule has 2 N–H and O–H groups in total. The van der Waals surface area contributed by atoms with Gasteiger partial charge < -0.3 is 10.5 Å². The molecule has 5 nitrogen and oxygen atoms in total. The summed E-state index contributed by atoms with van der Waals surface area (Å²) in [7, 11) is 3.18. The van der Waals surface area contributed by atoms with Gasteiger partial charge in [0.1, 0.15) is 5.56 Å². The number of hydrogen-bond acceptors (Lipinski definition) is 4. The van der Waals surface area contributed by atoms with Crippen molar-refractivity contribution in [3.8, 4) is 0 Å². The number of esters is 1. The van der Waals surface area contributed by atoms with Crippen molar-refractivity contribution in [2.24, 2.45) is 18.2 Å². The maximum Gasteiger partial charge on any atom is 0.341 e. The van der Waals surface area contributed by atoms with Gasteiger partial charge in [-0.2, -0.15) is 5.10 Å². The first-order valence-electron chi connectivity index (χ1n) is 5.20. The van der Waals surface area contributed by atoms with Crippen molar-refractivity contribution in [1.29, 1.82) is 0 Å². The zero-order valence-corrected chi connectivity index (χ0v) is 10.3. The Labute approximate surface area is 95.6 Å². The van der Waals surface area contributed by atoms with Crippen LogP contribution in [0.2, 0.25) is 0 Å². The number of aromatic nitrogens is 2. The molecule has 0 fully saturated rings. The number of rotatable bonds is 4. The predicted octanol–water partition coefficient (Wildman–Crippen LogP) is 0.734. The fourth-order valence-electron chi connectivity index (χ4n) is 1.48. The molecule has 0 aliphatic heterocycles. The van der Waals surface area contributed by atoms with Gasteiger partial charge in [-0.25, -0.2) is 4.79 Å². The lowest BCUT2D eigenvalue weighted by Crippen LogP contribution is -2.27. The molecular weight excluding hydrogens is 206 g/mol. The highest BCUT2D eigenvalue weighted by molar-refractivity contribution is 5.90. The van der Waals surface area contributed by atoms with Gasteiger partial charge in [-0.3, -0.25) is 4.68 Å². The van der Waals surface area contributed by atoms with Gasteiger partial charge in [-0.15, -0.1) is 0 Å². The fourth-order valence-corrected chi connectivity index (χ4v) is 1.48. The molecule has 0 unspecified atom stereocenters. The fraction of sp³-hybridized carbons (Fsp3) is 0.636. The number of ether oxygens (including phenoxy) is 1. The van der Waals surface area contributed by atoms with Crippen LogP contribution in [-0.4, -0.2) is 29.4 Å². The molecule has 1 rings (SSSR count). The monoisotopic (exact) mass is 225 g/mol. The number of carbonyl (C=O) groups excluding carboxylic acids is 1. The average molecular weight is 225 g/mol. The molecule has 16 heavy (non-hydrogen) atoms. The Morgan fingerprint density at radius 2 is 2.25 bits per heavy atom. The minimum absolute atomic E-state index is 0.0590. The van der Waals surface area contributed by atoms with Crippen molar-refractivity contribution >= 4 is 5.97 Å². The highest BCUT2D eigenvalue weighted by atomic mass is 16.5. The molecule has 1 aromatic heterocycles. The van der Waals surface area contributed by atoms with Gasteiger partial charge in [-0.1, -0.05) is 13.8 Å². The smallest absolute Gasteiger partial charge is 0.341 e. The molecule has 0 bridgehead atoms. The van der Waals surface area contributed by atoms with E-state index in [0.29, 0.717) is 18.5 Å². The van der Waals surface area contributed by atoms with E-state index < -0.39 is 0 Å². The van der Waals surface area contributed by atoms with Gasteiger partial charge in [-0.05, 0) is 18.4 Å². The molecule has 0 saturated heterocycles. The minimum atomic E-state index is -0.351. The van der Waals surface area contributed by atoms with E-state index in [4.69, 9.17) is 10.5 Å². The number of carbonyl (C=O) groups is 1. The van der Waals surface area contributed by atoms with Gasteiger partial charge in [0.25, 0.3) is 0 Å². The number of hydrogen-bond donors (Lipinski definition) is 1. The number of methoxy groups -OCH3 is 1. The van der Waals surface area contributed by atoms with Crippen LogP contribution in [0.1, 0.15) is 29.9 Å². The largest absolute Gasteiger partial charge is 0.465 e. The van der Waals surface area contributed by atoms with Gasteiger partial charge in [0, 0.05) is 7.05 Å². The lowest BCUT2D eigenvalue weighted by Gasteiger charge is -2.22. The van der Waals surface area contributed by atoms with Crippen LogP contribution >= 0.6 is 0 Å². The zero-order valence-electron chi connectivity index (χ0n) is 10.3. The van der Waals surface area contributed by atoms with Crippen molar-refractivity contribution in [2.75, 3.05) is 13.7 Å².